The van der Waals surface area contributed by atoms with Crippen LogP contribution in [0.15, 0.2) is 24.3 Å². The highest BCUT2D eigenvalue weighted by Gasteiger charge is 2.34. The zero-order valence-corrected chi connectivity index (χ0v) is 14.6. The first-order chi connectivity index (χ1) is 10.9. The first-order valence-electron chi connectivity index (χ1n) is 7.19. The monoisotopic (exact) mass is 352 g/mol. The molecule has 1 aromatic carbocycles. The van der Waals surface area contributed by atoms with Crippen LogP contribution in [-0.2, 0) is 4.74 Å². The minimum Gasteiger partial charge on any atom is -0.487 e. The quantitative estimate of drug-likeness (QED) is 0.834. The number of benzene rings is 1. The molecule has 5 nitrogen and oxygen atoms in total. The van der Waals surface area contributed by atoms with Crippen molar-refractivity contribution in [3.8, 4) is 5.75 Å². The molecule has 0 fully saturated rings. The van der Waals surface area contributed by atoms with Crippen LogP contribution >= 0.6 is 22.9 Å². The summed E-state index contributed by atoms with van der Waals surface area (Å²) >= 11 is 7.22. The van der Waals surface area contributed by atoms with Crippen molar-refractivity contribution < 1.29 is 14.3 Å². The SMILES string of the molecule is COC(=O)c1sc(NC2CC(C)(C)Oc3ccccc32)nc1Cl. The Bertz CT molecular complexity index is 745. The number of nitrogens with zero attached hydrogens (tertiary/aromatic N) is 1. The van der Waals surface area contributed by atoms with Crippen LogP contribution in [0.2, 0.25) is 5.15 Å². The predicted molar refractivity (Wildman–Crippen MR) is 90.6 cm³/mol. The van der Waals surface area contributed by atoms with Crippen LogP contribution in [0.1, 0.15) is 41.5 Å². The summed E-state index contributed by atoms with van der Waals surface area (Å²) in [5.41, 5.74) is 0.774. The van der Waals surface area contributed by atoms with Crippen molar-refractivity contribution in [2.24, 2.45) is 0 Å². The molecule has 23 heavy (non-hydrogen) atoms. The van der Waals surface area contributed by atoms with E-state index >= 15 is 0 Å². The summed E-state index contributed by atoms with van der Waals surface area (Å²) in [5.74, 6) is 0.380. The van der Waals surface area contributed by atoms with E-state index in [-0.39, 0.29) is 16.8 Å². The molecule has 1 aliphatic rings. The number of carbonyl (C=O) groups is 1. The van der Waals surface area contributed by atoms with Gasteiger partial charge < -0.3 is 14.8 Å². The van der Waals surface area contributed by atoms with Gasteiger partial charge in [0.2, 0.25) is 0 Å². The topological polar surface area (TPSA) is 60.5 Å². The fourth-order valence-corrected chi connectivity index (χ4v) is 3.82. The van der Waals surface area contributed by atoms with Crippen molar-refractivity contribution >= 4 is 34.0 Å². The average molecular weight is 353 g/mol. The lowest BCUT2D eigenvalue weighted by Gasteiger charge is -2.37. The number of anilines is 1. The third kappa shape index (κ3) is 3.28. The molecule has 1 aromatic heterocycles. The molecule has 122 valence electrons. The van der Waals surface area contributed by atoms with Crippen molar-refractivity contribution in [2.75, 3.05) is 12.4 Å². The van der Waals surface area contributed by atoms with E-state index in [1.54, 1.807) is 0 Å². The molecule has 1 aliphatic heterocycles. The number of methoxy groups -OCH3 is 1. The molecule has 1 unspecified atom stereocenters. The lowest BCUT2D eigenvalue weighted by atomic mass is 9.90. The van der Waals surface area contributed by atoms with E-state index in [1.807, 2.05) is 38.1 Å². The molecular weight excluding hydrogens is 336 g/mol. The number of halogens is 1. The summed E-state index contributed by atoms with van der Waals surface area (Å²) in [4.78, 5) is 16.2. The van der Waals surface area contributed by atoms with Gasteiger partial charge in [-0.15, -0.1) is 0 Å². The Hall–Kier alpha value is -1.79. The van der Waals surface area contributed by atoms with Crippen molar-refractivity contribution in [2.45, 2.75) is 31.9 Å². The number of carbonyl (C=O) groups excluding carboxylic acids is 1. The van der Waals surface area contributed by atoms with Gasteiger partial charge in [-0.05, 0) is 19.9 Å². The van der Waals surface area contributed by atoms with Crippen LogP contribution in [0.4, 0.5) is 5.13 Å². The molecule has 0 bridgehead atoms. The smallest absolute Gasteiger partial charge is 0.351 e. The molecule has 0 saturated carbocycles. The average Bonchev–Trinajstić information content (AvgIpc) is 2.86. The van der Waals surface area contributed by atoms with Gasteiger partial charge >= 0.3 is 5.97 Å². The molecular formula is C16H17ClN2O3S. The van der Waals surface area contributed by atoms with Crippen molar-refractivity contribution in [3.63, 3.8) is 0 Å². The van der Waals surface area contributed by atoms with Crippen LogP contribution in [0.5, 0.6) is 5.75 Å². The van der Waals surface area contributed by atoms with E-state index in [9.17, 15) is 4.79 Å². The van der Waals surface area contributed by atoms with Gasteiger partial charge in [-0.25, -0.2) is 9.78 Å². The molecule has 1 N–H and O–H groups in total. The van der Waals surface area contributed by atoms with E-state index < -0.39 is 5.97 Å². The second kappa shape index (κ2) is 6.02. The maximum absolute atomic E-state index is 11.7. The highest BCUT2D eigenvalue weighted by molar-refractivity contribution is 7.18. The molecule has 0 amide bonds. The second-order valence-corrected chi connectivity index (χ2v) is 7.29. The van der Waals surface area contributed by atoms with Crippen LogP contribution in [-0.4, -0.2) is 23.7 Å². The number of nitrogens with one attached hydrogen (secondary N) is 1. The van der Waals surface area contributed by atoms with Crippen molar-refractivity contribution in [1.29, 1.82) is 0 Å². The molecule has 0 radical (unpaired) electrons. The first-order valence-corrected chi connectivity index (χ1v) is 8.38. The standard InChI is InChI=1S/C16H17ClN2O3S/c1-16(2)8-10(9-6-4-5-7-11(9)22-16)18-15-19-13(17)12(23-15)14(20)21-3/h4-7,10H,8H2,1-3H3,(H,18,19). The highest BCUT2D eigenvalue weighted by atomic mass is 35.5. The number of fused-ring (bicyclic) bond motifs is 1. The fraction of sp³-hybridized carbons (Fsp3) is 0.375. The third-order valence-electron chi connectivity index (χ3n) is 3.63. The third-order valence-corrected chi connectivity index (χ3v) is 4.98. The van der Waals surface area contributed by atoms with Gasteiger partial charge in [0, 0.05) is 12.0 Å². The predicted octanol–water partition coefficient (Wildman–Crippen LogP) is 4.30. The number of hydrogen-bond donors (Lipinski definition) is 1. The molecule has 2 heterocycles. The Balaban J connectivity index is 1.89. The summed E-state index contributed by atoms with van der Waals surface area (Å²) in [5, 5.41) is 4.12. The molecule has 3 rings (SSSR count). The van der Waals surface area contributed by atoms with Crippen LogP contribution in [0.3, 0.4) is 0 Å². The van der Waals surface area contributed by atoms with Gasteiger partial charge in [0.25, 0.3) is 0 Å². The van der Waals surface area contributed by atoms with Crippen molar-refractivity contribution in [1.82, 2.24) is 4.98 Å². The molecule has 2 aromatic rings. The van der Waals surface area contributed by atoms with Gasteiger partial charge in [0.1, 0.15) is 11.4 Å². The largest absolute Gasteiger partial charge is 0.487 e. The van der Waals surface area contributed by atoms with Crippen LogP contribution in [0, 0.1) is 0 Å². The minimum atomic E-state index is -0.478. The summed E-state index contributed by atoms with van der Waals surface area (Å²) in [6.45, 7) is 4.10. The van der Waals surface area contributed by atoms with E-state index in [4.69, 9.17) is 21.1 Å². The maximum atomic E-state index is 11.7. The molecule has 0 aliphatic carbocycles. The first kappa shape index (κ1) is 16.1. The summed E-state index contributed by atoms with van der Waals surface area (Å²) in [6, 6.07) is 7.94. The van der Waals surface area contributed by atoms with E-state index in [0.717, 1.165) is 17.7 Å². The van der Waals surface area contributed by atoms with E-state index in [0.29, 0.717) is 10.0 Å². The Morgan fingerprint density at radius 3 is 2.96 bits per heavy atom. The number of thiazole rings is 1. The normalized spacial score (nSPS) is 18.7. The van der Waals surface area contributed by atoms with Gasteiger partial charge in [-0.2, -0.15) is 0 Å². The van der Waals surface area contributed by atoms with Gasteiger partial charge in [-0.1, -0.05) is 41.1 Å². The van der Waals surface area contributed by atoms with Crippen LogP contribution < -0.4 is 10.1 Å². The van der Waals surface area contributed by atoms with Crippen molar-refractivity contribution in [3.05, 3.63) is 39.9 Å². The molecule has 7 heteroatoms. The van der Waals surface area contributed by atoms with Gasteiger partial charge in [0.05, 0.1) is 13.2 Å². The van der Waals surface area contributed by atoms with E-state index in [2.05, 4.69) is 10.3 Å². The summed E-state index contributed by atoms with van der Waals surface area (Å²) in [7, 11) is 1.32. The lowest BCUT2D eigenvalue weighted by Crippen LogP contribution is -2.37. The Morgan fingerprint density at radius 1 is 1.48 bits per heavy atom. The highest BCUT2D eigenvalue weighted by Crippen LogP contribution is 2.41. The Morgan fingerprint density at radius 2 is 2.22 bits per heavy atom. The summed E-state index contributed by atoms with van der Waals surface area (Å²) in [6.07, 6.45) is 0.773. The minimum absolute atomic E-state index is 0.0302. The Kier molecular flexibility index (Phi) is 4.21. The number of ether oxygens (including phenoxy) is 2. The Labute approximate surface area is 143 Å². The number of aromatic nitrogens is 1. The van der Waals surface area contributed by atoms with Crippen LogP contribution in [0.25, 0.3) is 0 Å². The lowest BCUT2D eigenvalue weighted by molar-refractivity contribution is 0.0606. The number of rotatable bonds is 3. The molecule has 0 saturated heterocycles. The second-order valence-electron chi connectivity index (χ2n) is 5.93. The van der Waals surface area contributed by atoms with Gasteiger partial charge in [-0.3, -0.25) is 0 Å². The maximum Gasteiger partial charge on any atom is 0.351 e. The summed E-state index contributed by atoms with van der Waals surface area (Å²) < 4.78 is 10.7. The number of hydrogen-bond acceptors (Lipinski definition) is 6. The van der Waals surface area contributed by atoms with Gasteiger partial charge in [0.15, 0.2) is 15.2 Å². The zero-order chi connectivity index (χ0) is 16.6. The molecule has 1 atom stereocenters. The zero-order valence-electron chi connectivity index (χ0n) is 13.1. The molecule has 0 spiro atoms. The van der Waals surface area contributed by atoms with E-state index in [1.165, 1.54) is 18.4 Å². The fourth-order valence-electron chi connectivity index (χ4n) is 2.66. The number of para-hydroxylation sites is 1. The number of esters is 1.